The molecular weight excluding hydrogens is 144 g/mol. The van der Waals surface area contributed by atoms with Crippen molar-refractivity contribution in [2.24, 2.45) is 11.8 Å². The molecule has 0 heterocycles. The van der Waals surface area contributed by atoms with Crippen LogP contribution in [0.1, 0.15) is 6.42 Å². The van der Waals surface area contributed by atoms with Gasteiger partial charge in [-0.05, 0) is 12.3 Å². The molecule has 2 N–H and O–H groups in total. The normalized spacial score (nSPS) is 48.4. The van der Waals surface area contributed by atoms with E-state index in [0.717, 1.165) is 6.42 Å². The quantitative estimate of drug-likeness (QED) is 0.462. The first-order valence-electron chi connectivity index (χ1n) is 3.78. The Kier molecular flexibility index (Phi) is 1.37. The summed E-state index contributed by atoms with van der Waals surface area (Å²) >= 11 is 0. The fourth-order valence-corrected chi connectivity index (χ4v) is 1.60. The molecule has 2 aliphatic rings. The van der Waals surface area contributed by atoms with Gasteiger partial charge in [-0.15, -0.1) is 0 Å². The molecule has 0 saturated heterocycles. The fraction of sp³-hybridized carbons (Fsp3) is 0.625. The Bertz CT molecular complexity index is 221. The van der Waals surface area contributed by atoms with Crippen LogP contribution < -0.4 is 0 Å². The molecule has 0 bridgehead atoms. The van der Waals surface area contributed by atoms with Crippen molar-refractivity contribution in [1.82, 2.24) is 0 Å². The topological polar surface area (TPSA) is 57.5 Å². The lowest BCUT2D eigenvalue weighted by atomic mass is 10.1. The molecule has 1 fully saturated rings. The van der Waals surface area contributed by atoms with Gasteiger partial charge in [0.05, 0.1) is 6.10 Å². The summed E-state index contributed by atoms with van der Waals surface area (Å²) in [6, 6.07) is 0. The lowest BCUT2D eigenvalue weighted by Crippen LogP contribution is -2.19. The van der Waals surface area contributed by atoms with E-state index in [9.17, 15) is 9.90 Å². The maximum Gasteiger partial charge on any atom is 0.168 e. The van der Waals surface area contributed by atoms with Crippen molar-refractivity contribution in [2.45, 2.75) is 18.6 Å². The van der Waals surface area contributed by atoms with Gasteiger partial charge in [0.25, 0.3) is 0 Å². The van der Waals surface area contributed by atoms with Gasteiger partial charge in [-0.25, -0.2) is 0 Å². The first kappa shape index (κ1) is 7.00. The van der Waals surface area contributed by atoms with Gasteiger partial charge in [-0.2, -0.15) is 0 Å². The molecule has 60 valence electrons. The fourth-order valence-electron chi connectivity index (χ4n) is 1.60. The molecule has 11 heavy (non-hydrogen) atoms. The average molecular weight is 154 g/mol. The van der Waals surface area contributed by atoms with E-state index in [1.54, 1.807) is 0 Å². The standard InChI is InChI=1S/C8H10O3/c9-6-1-2-7(10)8(11)5-3-4(5)6/h1-2,4-7,9-10H,3H2. The molecule has 4 atom stereocenters. The Labute approximate surface area is 64.3 Å². The monoisotopic (exact) mass is 154 g/mol. The van der Waals surface area contributed by atoms with E-state index in [-0.39, 0.29) is 17.6 Å². The lowest BCUT2D eigenvalue weighted by Gasteiger charge is -1.99. The second-order valence-corrected chi connectivity index (χ2v) is 3.23. The summed E-state index contributed by atoms with van der Waals surface area (Å²) in [7, 11) is 0. The highest BCUT2D eigenvalue weighted by atomic mass is 16.3. The maximum absolute atomic E-state index is 11.1. The van der Waals surface area contributed by atoms with Gasteiger partial charge < -0.3 is 10.2 Å². The van der Waals surface area contributed by atoms with E-state index >= 15 is 0 Å². The molecule has 0 aromatic heterocycles. The van der Waals surface area contributed by atoms with Gasteiger partial charge >= 0.3 is 0 Å². The number of aliphatic hydroxyl groups excluding tert-OH is 2. The van der Waals surface area contributed by atoms with E-state index in [2.05, 4.69) is 0 Å². The van der Waals surface area contributed by atoms with Crippen LogP contribution in [0.2, 0.25) is 0 Å². The molecule has 2 rings (SSSR count). The van der Waals surface area contributed by atoms with E-state index in [0.29, 0.717) is 0 Å². The number of fused-ring (bicyclic) bond motifs is 1. The number of hydrogen-bond acceptors (Lipinski definition) is 3. The van der Waals surface area contributed by atoms with Crippen LogP contribution in [0.3, 0.4) is 0 Å². The summed E-state index contributed by atoms with van der Waals surface area (Å²) in [4.78, 5) is 11.1. The largest absolute Gasteiger partial charge is 0.389 e. The summed E-state index contributed by atoms with van der Waals surface area (Å²) in [5.41, 5.74) is 0. The molecule has 0 aromatic carbocycles. The zero-order valence-electron chi connectivity index (χ0n) is 5.97. The van der Waals surface area contributed by atoms with E-state index in [4.69, 9.17) is 5.11 Å². The summed E-state index contributed by atoms with van der Waals surface area (Å²) in [5, 5.41) is 18.4. The Morgan fingerprint density at radius 1 is 1.36 bits per heavy atom. The Balaban J connectivity index is 2.21. The molecule has 0 amide bonds. The highest BCUT2D eigenvalue weighted by Gasteiger charge is 2.49. The van der Waals surface area contributed by atoms with Gasteiger partial charge in [0, 0.05) is 5.92 Å². The summed E-state index contributed by atoms with van der Waals surface area (Å²) in [6.45, 7) is 0. The number of rotatable bonds is 0. The minimum Gasteiger partial charge on any atom is -0.389 e. The number of aliphatic hydroxyl groups is 2. The van der Waals surface area contributed by atoms with Crippen LogP contribution in [0.5, 0.6) is 0 Å². The summed E-state index contributed by atoms with van der Waals surface area (Å²) < 4.78 is 0. The number of ketones is 1. The van der Waals surface area contributed by atoms with Crippen molar-refractivity contribution in [1.29, 1.82) is 0 Å². The molecule has 3 nitrogen and oxygen atoms in total. The van der Waals surface area contributed by atoms with Crippen LogP contribution in [-0.2, 0) is 4.79 Å². The zero-order valence-corrected chi connectivity index (χ0v) is 5.97. The number of carbonyl (C=O) groups excluding carboxylic acids is 1. The highest BCUT2D eigenvalue weighted by Crippen LogP contribution is 2.44. The maximum atomic E-state index is 11.1. The van der Waals surface area contributed by atoms with Gasteiger partial charge in [-0.1, -0.05) is 12.2 Å². The van der Waals surface area contributed by atoms with Gasteiger partial charge in [-0.3, -0.25) is 4.79 Å². The Hall–Kier alpha value is -0.670. The average Bonchev–Trinajstić information content (AvgIpc) is 2.75. The highest BCUT2D eigenvalue weighted by molar-refractivity contribution is 5.89. The van der Waals surface area contributed by atoms with Crippen molar-refractivity contribution in [2.75, 3.05) is 0 Å². The van der Waals surface area contributed by atoms with Crippen LogP contribution in [-0.4, -0.2) is 28.2 Å². The third-order valence-corrected chi connectivity index (χ3v) is 2.43. The van der Waals surface area contributed by atoms with E-state index in [1.807, 2.05) is 0 Å². The first-order chi connectivity index (χ1) is 5.20. The molecular formula is C8H10O3. The Morgan fingerprint density at radius 3 is 2.82 bits per heavy atom. The van der Waals surface area contributed by atoms with Crippen molar-refractivity contribution in [3.63, 3.8) is 0 Å². The minimum absolute atomic E-state index is 0.0795. The van der Waals surface area contributed by atoms with Crippen molar-refractivity contribution in [3.8, 4) is 0 Å². The van der Waals surface area contributed by atoms with Crippen molar-refractivity contribution >= 4 is 5.78 Å². The predicted octanol–water partition coefficient (Wildman–Crippen LogP) is -0.517. The third kappa shape index (κ3) is 1.01. The summed E-state index contributed by atoms with van der Waals surface area (Å²) in [5.74, 6) is -0.145. The lowest BCUT2D eigenvalue weighted by molar-refractivity contribution is -0.126. The molecule has 2 aliphatic carbocycles. The molecule has 0 aliphatic heterocycles. The van der Waals surface area contributed by atoms with Gasteiger partial charge in [0.2, 0.25) is 0 Å². The second-order valence-electron chi connectivity index (χ2n) is 3.23. The van der Waals surface area contributed by atoms with Crippen molar-refractivity contribution < 1.29 is 15.0 Å². The summed E-state index contributed by atoms with van der Waals surface area (Å²) in [6.07, 6.45) is 2.11. The molecule has 1 saturated carbocycles. The second kappa shape index (κ2) is 2.16. The number of carbonyl (C=O) groups is 1. The van der Waals surface area contributed by atoms with Crippen LogP contribution in [0, 0.1) is 11.8 Å². The van der Waals surface area contributed by atoms with E-state index < -0.39 is 12.2 Å². The molecule has 0 aromatic rings. The van der Waals surface area contributed by atoms with E-state index in [1.165, 1.54) is 12.2 Å². The Morgan fingerprint density at radius 2 is 2.09 bits per heavy atom. The molecule has 0 radical (unpaired) electrons. The smallest absolute Gasteiger partial charge is 0.168 e. The van der Waals surface area contributed by atoms with Crippen LogP contribution in [0.15, 0.2) is 12.2 Å². The molecule has 0 spiro atoms. The first-order valence-corrected chi connectivity index (χ1v) is 3.78. The van der Waals surface area contributed by atoms with Crippen LogP contribution >= 0.6 is 0 Å². The zero-order chi connectivity index (χ0) is 8.01. The number of hydrogen-bond donors (Lipinski definition) is 2. The van der Waals surface area contributed by atoms with Gasteiger partial charge in [0.1, 0.15) is 6.10 Å². The third-order valence-electron chi connectivity index (χ3n) is 2.43. The minimum atomic E-state index is -0.984. The van der Waals surface area contributed by atoms with Crippen LogP contribution in [0.25, 0.3) is 0 Å². The molecule has 4 unspecified atom stereocenters. The van der Waals surface area contributed by atoms with Crippen LogP contribution in [0.4, 0.5) is 0 Å². The molecule has 3 heteroatoms. The predicted molar refractivity (Wildman–Crippen MR) is 37.8 cm³/mol. The SMILES string of the molecule is O=C1C(O)C=CC(O)C2CC12. The van der Waals surface area contributed by atoms with Gasteiger partial charge in [0.15, 0.2) is 5.78 Å². The van der Waals surface area contributed by atoms with Crippen molar-refractivity contribution in [3.05, 3.63) is 12.2 Å². The number of Topliss-reactive ketones (excluding diaryl/α,β-unsaturated/α-hetero) is 1.